The summed E-state index contributed by atoms with van der Waals surface area (Å²) >= 11 is 13.7. The highest BCUT2D eigenvalue weighted by atomic mass is 35.5. The van der Waals surface area contributed by atoms with Gasteiger partial charge in [0.25, 0.3) is 0 Å². The van der Waals surface area contributed by atoms with Gasteiger partial charge >= 0.3 is 0 Å². The number of aliphatic hydroxyl groups is 1. The van der Waals surface area contributed by atoms with Gasteiger partial charge in [-0.2, -0.15) is 0 Å². The predicted octanol–water partition coefficient (Wildman–Crippen LogP) is 8.05. The van der Waals surface area contributed by atoms with Crippen LogP contribution >= 0.6 is 35.0 Å². The second kappa shape index (κ2) is 11.1. The van der Waals surface area contributed by atoms with E-state index in [0.717, 1.165) is 21.8 Å². The molecule has 0 spiro atoms. The molecule has 1 N–H and O–H groups in total. The topological polar surface area (TPSA) is 63.8 Å². The number of nitrogens with zero attached hydrogens (tertiary/aromatic N) is 4. The van der Waals surface area contributed by atoms with Crippen molar-refractivity contribution >= 4 is 56.8 Å². The van der Waals surface area contributed by atoms with Crippen molar-refractivity contribution in [3.05, 3.63) is 107 Å². The Bertz CT molecular complexity index is 1820. The normalized spacial score (nSPS) is 12.3. The third kappa shape index (κ3) is 5.40. The molecule has 40 heavy (non-hydrogen) atoms. The zero-order valence-corrected chi connectivity index (χ0v) is 23.1. The van der Waals surface area contributed by atoms with Crippen LogP contribution in [0.25, 0.3) is 44.3 Å². The van der Waals surface area contributed by atoms with E-state index in [0.29, 0.717) is 44.3 Å². The molecule has 2 heterocycles. The molecule has 2 aromatic heterocycles. The van der Waals surface area contributed by atoms with E-state index in [4.69, 9.17) is 23.2 Å². The van der Waals surface area contributed by atoms with Crippen LogP contribution in [0.15, 0.2) is 90.1 Å². The summed E-state index contributed by atoms with van der Waals surface area (Å²) in [7, 11) is 0. The molecule has 0 radical (unpaired) electrons. The Morgan fingerprint density at radius 2 is 1.32 bits per heavy atom. The average molecular weight is 593 g/mol. The summed E-state index contributed by atoms with van der Waals surface area (Å²) in [6.07, 6.45) is -0.765. The van der Waals surface area contributed by atoms with Gasteiger partial charge in [0.2, 0.25) is 5.16 Å². The van der Waals surface area contributed by atoms with Gasteiger partial charge in [0, 0.05) is 48.7 Å². The Hall–Kier alpha value is -3.56. The average Bonchev–Trinajstić information content (AvgIpc) is 3.23. The molecule has 0 aliphatic rings. The fraction of sp³-hybridized carbons (Fsp3) is 0.100. The fourth-order valence-electron chi connectivity index (χ4n) is 4.72. The molecular weight excluding hydrogens is 573 g/mol. The molecule has 6 aromatic rings. The van der Waals surface area contributed by atoms with Crippen molar-refractivity contribution in [3.63, 3.8) is 0 Å². The molecular formula is C30H20Cl2F2N4OS. The summed E-state index contributed by atoms with van der Waals surface area (Å²) in [5, 5.41) is 23.0. The van der Waals surface area contributed by atoms with Crippen molar-refractivity contribution in [3.8, 4) is 22.5 Å². The molecule has 0 aliphatic carbocycles. The van der Waals surface area contributed by atoms with Gasteiger partial charge in [-0.1, -0.05) is 59.2 Å². The lowest BCUT2D eigenvalue weighted by molar-refractivity contribution is 0.181. The summed E-state index contributed by atoms with van der Waals surface area (Å²) in [5.41, 5.74) is 3.51. The van der Waals surface area contributed by atoms with E-state index >= 15 is 0 Å². The number of rotatable bonds is 7. The van der Waals surface area contributed by atoms with Gasteiger partial charge < -0.3 is 9.67 Å². The molecule has 6 rings (SSSR count). The van der Waals surface area contributed by atoms with Gasteiger partial charge in [0.1, 0.15) is 23.0 Å². The van der Waals surface area contributed by atoms with Crippen molar-refractivity contribution in [2.75, 3.05) is 5.75 Å². The fourth-order valence-corrected chi connectivity index (χ4v) is 5.76. The first-order valence-electron chi connectivity index (χ1n) is 12.3. The molecule has 0 saturated carbocycles. The van der Waals surface area contributed by atoms with Crippen LogP contribution in [0.1, 0.15) is 0 Å². The molecule has 1 atom stereocenters. The molecule has 1 unspecified atom stereocenters. The molecule has 0 saturated heterocycles. The van der Waals surface area contributed by atoms with Crippen LogP contribution in [0.5, 0.6) is 0 Å². The molecule has 5 nitrogen and oxygen atoms in total. The lowest BCUT2D eigenvalue weighted by Gasteiger charge is -2.14. The molecule has 0 aliphatic heterocycles. The third-order valence-electron chi connectivity index (χ3n) is 6.45. The largest absolute Gasteiger partial charge is 0.390 e. The van der Waals surface area contributed by atoms with Crippen LogP contribution in [0.2, 0.25) is 10.0 Å². The molecule has 10 heteroatoms. The Labute approximate surface area is 242 Å². The summed E-state index contributed by atoms with van der Waals surface area (Å²) in [6.45, 7) is 0.307. The number of hydrogen-bond acceptors (Lipinski definition) is 5. The van der Waals surface area contributed by atoms with Gasteiger partial charge in [-0.15, -0.1) is 10.2 Å². The van der Waals surface area contributed by atoms with Crippen LogP contribution in [0.4, 0.5) is 8.78 Å². The van der Waals surface area contributed by atoms with E-state index in [1.54, 1.807) is 24.3 Å². The standard InChI is InChI=1S/C30H20Cl2F2N4OS/c31-19-7-9-26-24(13-19)25-14-20(32)8-10-27(25)38(26)15-23(39)16-40-30-35-28(17-3-1-5-21(33)11-17)29(36-37-30)18-4-2-6-22(34)12-18/h1-14,23,39H,15-16H2. The highest BCUT2D eigenvalue weighted by molar-refractivity contribution is 7.99. The Morgan fingerprint density at radius 3 is 1.90 bits per heavy atom. The summed E-state index contributed by atoms with van der Waals surface area (Å²) < 4.78 is 30.1. The van der Waals surface area contributed by atoms with E-state index in [1.807, 2.05) is 41.0 Å². The number of benzene rings is 4. The van der Waals surface area contributed by atoms with Gasteiger partial charge in [0.15, 0.2) is 0 Å². The van der Waals surface area contributed by atoms with Crippen molar-refractivity contribution < 1.29 is 13.9 Å². The minimum atomic E-state index is -0.765. The van der Waals surface area contributed by atoms with Gasteiger partial charge in [-0.25, -0.2) is 13.8 Å². The monoisotopic (exact) mass is 592 g/mol. The molecule has 4 aromatic carbocycles. The molecule has 0 bridgehead atoms. The van der Waals surface area contributed by atoms with E-state index in [2.05, 4.69) is 15.2 Å². The first kappa shape index (κ1) is 26.7. The SMILES string of the molecule is OC(CSc1nnc(-c2cccc(F)c2)c(-c2cccc(F)c2)n1)Cn1c2ccc(Cl)cc2c2cc(Cl)ccc21. The van der Waals surface area contributed by atoms with Crippen LogP contribution in [-0.4, -0.2) is 36.7 Å². The smallest absolute Gasteiger partial charge is 0.209 e. The lowest BCUT2D eigenvalue weighted by atomic mass is 10.0. The number of thioether (sulfide) groups is 1. The molecule has 0 fully saturated rings. The van der Waals surface area contributed by atoms with E-state index in [9.17, 15) is 13.9 Å². The van der Waals surface area contributed by atoms with E-state index in [1.165, 1.54) is 36.0 Å². The van der Waals surface area contributed by atoms with E-state index in [-0.39, 0.29) is 5.75 Å². The number of halogens is 4. The first-order chi connectivity index (χ1) is 19.4. The minimum Gasteiger partial charge on any atom is -0.390 e. The van der Waals surface area contributed by atoms with Gasteiger partial charge in [-0.3, -0.25) is 0 Å². The second-order valence-corrected chi connectivity index (χ2v) is 11.1. The van der Waals surface area contributed by atoms with Crippen molar-refractivity contribution in [2.24, 2.45) is 0 Å². The maximum atomic E-state index is 14.1. The second-order valence-electron chi connectivity index (χ2n) is 9.21. The summed E-state index contributed by atoms with van der Waals surface area (Å²) in [4.78, 5) is 4.63. The molecule has 0 amide bonds. The maximum absolute atomic E-state index is 14.1. The van der Waals surface area contributed by atoms with E-state index < -0.39 is 17.7 Å². The third-order valence-corrected chi connectivity index (χ3v) is 7.90. The van der Waals surface area contributed by atoms with Gasteiger partial charge in [0.05, 0.1) is 12.6 Å². The Kier molecular flexibility index (Phi) is 7.42. The molecule has 200 valence electrons. The van der Waals surface area contributed by atoms with Crippen LogP contribution < -0.4 is 0 Å². The van der Waals surface area contributed by atoms with Crippen molar-refractivity contribution in [2.45, 2.75) is 17.8 Å². The van der Waals surface area contributed by atoms with Crippen LogP contribution in [-0.2, 0) is 6.54 Å². The zero-order chi connectivity index (χ0) is 27.8. The highest BCUT2D eigenvalue weighted by Gasteiger charge is 2.18. The zero-order valence-electron chi connectivity index (χ0n) is 20.7. The number of aliphatic hydroxyl groups excluding tert-OH is 1. The summed E-state index contributed by atoms with van der Waals surface area (Å²) in [6, 6.07) is 23.1. The van der Waals surface area contributed by atoms with Crippen LogP contribution in [0, 0.1) is 11.6 Å². The van der Waals surface area contributed by atoms with Gasteiger partial charge in [-0.05, 0) is 60.7 Å². The quantitative estimate of drug-likeness (QED) is 0.190. The first-order valence-corrected chi connectivity index (χ1v) is 14.0. The van der Waals surface area contributed by atoms with Crippen molar-refractivity contribution in [1.82, 2.24) is 19.7 Å². The summed E-state index contributed by atoms with van der Waals surface area (Å²) in [5.74, 6) is -0.591. The minimum absolute atomic E-state index is 0.270. The highest BCUT2D eigenvalue weighted by Crippen LogP contribution is 2.34. The Morgan fingerprint density at radius 1 is 0.750 bits per heavy atom. The predicted molar refractivity (Wildman–Crippen MR) is 157 cm³/mol. The maximum Gasteiger partial charge on any atom is 0.209 e. The number of hydrogen-bond donors (Lipinski definition) is 1. The van der Waals surface area contributed by atoms with Crippen LogP contribution in [0.3, 0.4) is 0 Å². The number of fused-ring (bicyclic) bond motifs is 3. The van der Waals surface area contributed by atoms with Crippen molar-refractivity contribution in [1.29, 1.82) is 0 Å². The number of aromatic nitrogens is 4. The lowest BCUT2D eigenvalue weighted by Crippen LogP contribution is -2.18. The Balaban J connectivity index is 1.29.